The standard InChI is InChI=1S/C44H26N4/c45-27-29-16-22-35(43(24-29)48-41-14-5-2-10-36(41)37-11-3-6-15-42(37)48)32-20-18-31(19-21-32)33-8-7-9-34(26-33)47-40-13-4-1-12-38(40)39-23-17-30(28-46)25-44(39)47/h1-26H. The summed E-state index contributed by atoms with van der Waals surface area (Å²) >= 11 is 0. The van der Waals surface area contributed by atoms with Crippen LogP contribution in [0.4, 0.5) is 0 Å². The Morgan fingerprint density at radius 3 is 1.56 bits per heavy atom. The Kier molecular flexibility index (Phi) is 6.22. The van der Waals surface area contributed by atoms with Gasteiger partial charge in [-0.25, -0.2) is 0 Å². The third kappa shape index (κ3) is 4.22. The van der Waals surface area contributed by atoms with Gasteiger partial charge in [0, 0.05) is 32.8 Å². The van der Waals surface area contributed by atoms with E-state index < -0.39 is 0 Å². The fourth-order valence-corrected chi connectivity index (χ4v) is 7.20. The first kappa shape index (κ1) is 27.4. The maximum atomic E-state index is 9.87. The van der Waals surface area contributed by atoms with Crippen LogP contribution in [0.5, 0.6) is 0 Å². The highest BCUT2D eigenvalue weighted by atomic mass is 15.0. The van der Waals surface area contributed by atoms with E-state index in [0.29, 0.717) is 11.1 Å². The van der Waals surface area contributed by atoms with Crippen LogP contribution < -0.4 is 0 Å². The fourth-order valence-electron chi connectivity index (χ4n) is 7.20. The van der Waals surface area contributed by atoms with Gasteiger partial charge in [0.25, 0.3) is 0 Å². The highest BCUT2D eigenvalue weighted by molar-refractivity contribution is 6.10. The van der Waals surface area contributed by atoms with Crippen molar-refractivity contribution in [3.63, 3.8) is 0 Å². The molecule has 0 N–H and O–H groups in total. The van der Waals surface area contributed by atoms with Crippen LogP contribution >= 0.6 is 0 Å². The van der Waals surface area contributed by atoms with E-state index in [1.807, 2.05) is 30.3 Å². The first-order valence-electron chi connectivity index (χ1n) is 15.9. The van der Waals surface area contributed by atoms with Crippen LogP contribution in [0.15, 0.2) is 158 Å². The van der Waals surface area contributed by atoms with Gasteiger partial charge in [-0.05, 0) is 71.3 Å². The summed E-state index contributed by atoms with van der Waals surface area (Å²) in [5, 5.41) is 24.2. The van der Waals surface area contributed by atoms with Crippen molar-refractivity contribution in [3.8, 4) is 45.8 Å². The molecule has 0 radical (unpaired) electrons. The highest BCUT2D eigenvalue weighted by Gasteiger charge is 2.17. The molecular formula is C44H26N4. The van der Waals surface area contributed by atoms with Crippen molar-refractivity contribution in [2.75, 3.05) is 0 Å². The van der Waals surface area contributed by atoms with Gasteiger partial charge in [0.15, 0.2) is 0 Å². The fraction of sp³-hybridized carbons (Fsp3) is 0. The molecule has 0 aliphatic heterocycles. The molecule has 0 fully saturated rings. The molecule has 222 valence electrons. The van der Waals surface area contributed by atoms with Gasteiger partial charge in [-0.15, -0.1) is 0 Å². The Morgan fingerprint density at radius 2 is 0.917 bits per heavy atom. The minimum atomic E-state index is 0.621. The third-order valence-electron chi connectivity index (χ3n) is 9.38. The number of hydrogen-bond acceptors (Lipinski definition) is 2. The van der Waals surface area contributed by atoms with Crippen molar-refractivity contribution < 1.29 is 0 Å². The molecule has 4 heteroatoms. The van der Waals surface area contributed by atoms with E-state index in [1.54, 1.807) is 0 Å². The second-order valence-corrected chi connectivity index (χ2v) is 12.0. The normalized spacial score (nSPS) is 11.3. The lowest BCUT2D eigenvalue weighted by molar-refractivity contribution is 1.18. The first-order chi connectivity index (χ1) is 23.7. The number of nitriles is 2. The minimum Gasteiger partial charge on any atom is -0.309 e. The lowest BCUT2D eigenvalue weighted by Crippen LogP contribution is -1.98. The Hall–Kier alpha value is -6.88. The highest BCUT2D eigenvalue weighted by Crippen LogP contribution is 2.38. The zero-order chi connectivity index (χ0) is 32.2. The van der Waals surface area contributed by atoms with Crippen LogP contribution in [0, 0.1) is 22.7 Å². The van der Waals surface area contributed by atoms with Crippen LogP contribution in [0.1, 0.15) is 11.1 Å². The lowest BCUT2D eigenvalue weighted by atomic mass is 9.97. The van der Waals surface area contributed by atoms with Gasteiger partial charge in [0.2, 0.25) is 0 Å². The van der Waals surface area contributed by atoms with Gasteiger partial charge in [0.1, 0.15) is 0 Å². The van der Waals surface area contributed by atoms with E-state index in [4.69, 9.17) is 0 Å². The van der Waals surface area contributed by atoms with E-state index in [9.17, 15) is 10.5 Å². The smallest absolute Gasteiger partial charge is 0.0992 e. The molecule has 2 aromatic heterocycles. The molecule has 7 aromatic carbocycles. The third-order valence-corrected chi connectivity index (χ3v) is 9.38. The Balaban J connectivity index is 1.17. The van der Waals surface area contributed by atoms with Crippen LogP contribution in [0.3, 0.4) is 0 Å². The molecule has 9 aromatic rings. The van der Waals surface area contributed by atoms with Crippen LogP contribution in [0.25, 0.3) is 77.2 Å². The number of aromatic nitrogens is 2. The summed E-state index contributed by atoms with van der Waals surface area (Å²) in [7, 11) is 0. The lowest BCUT2D eigenvalue weighted by Gasteiger charge is -2.15. The molecule has 0 aliphatic rings. The largest absolute Gasteiger partial charge is 0.309 e. The molecule has 0 saturated carbocycles. The number of nitrogens with zero attached hydrogens (tertiary/aromatic N) is 4. The molecular weight excluding hydrogens is 585 g/mol. The monoisotopic (exact) mass is 610 g/mol. The number of para-hydroxylation sites is 3. The van der Waals surface area contributed by atoms with Crippen molar-refractivity contribution in [3.05, 3.63) is 169 Å². The zero-order valence-electron chi connectivity index (χ0n) is 25.8. The molecule has 0 bridgehead atoms. The molecule has 0 amide bonds. The zero-order valence-corrected chi connectivity index (χ0v) is 25.8. The summed E-state index contributed by atoms with van der Waals surface area (Å²) in [5.74, 6) is 0. The predicted octanol–water partition coefficient (Wildman–Crippen LogP) is 11.0. The molecule has 4 nitrogen and oxygen atoms in total. The molecule has 0 spiro atoms. The topological polar surface area (TPSA) is 57.4 Å². The predicted molar refractivity (Wildman–Crippen MR) is 195 cm³/mol. The van der Waals surface area contributed by atoms with E-state index in [1.165, 1.54) is 10.8 Å². The van der Waals surface area contributed by atoms with Gasteiger partial charge in [-0.2, -0.15) is 10.5 Å². The summed E-state index contributed by atoms with van der Waals surface area (Å²) in [5.41, 5.74) is 11.9. The maximum absolute atomic E-state index is 9.87. The van der Waals surface area contributed by atoms with E-state index in [-0.39, 0.29) is 0 Å². The van der Waals surface area contributed by atoms with Crippen molar-refractivity contribution in [1.82, 2.24) is 9.13 Å². The summed E-state index contributed by atoms with van der Waals surface area (Å²) in [6.45, 7) is 0. The molecule has 0 aliphatic carbocycles. The quantitative estimate of drug-likeness (QED) is 0.199. The molecule has 0 atom stereocenters. The van der Waals surface area contributed by atoms with Crippen molar-refractivity contribution in [2.45, 2.75) is 0 Å². The number of rotatable bonds is 4. The van der Waals surface area contributed by atoms with Crippen LogP contribution in [-0.4, -0.2) is 9.13 Å². The number of fused-ring (bicyclic) bond motifs is 6. The number of hydrogen-bond donors (Lipinski definition) is 0. The molecule has 2 heterocycles. The second-order valence-electron chi connectivity index (χ2n) is 12.0. The van der Waals surface area contributed by atoms with Gasteiger partial charge in [-0.1, -0.05) is 103 Å². The van der Waals surface area contributed by atoms with Crippen LogP contribution in [0.2, 0.25) is 0 Å². The Labute approximate surface area is 277 Å². The second kappa shape index (κ2) is 10.9. The van der Waals surface area contributed by atoms with E-state index in [2.05, 4.69) is 149 Å². The molecule has 9 rings (SSSR count). The average Bonchev–Trinajstić information content (AvgIpc) is 3.67. The summed E-state index contributed by atoms with van der Waals surface area (Å²) in [6.07, 6.45) is 0. The Bertz CT molecular complexity index is 2750. The molecule has 0 unspecified atom stereocenters. The van der Waals surface area contributed by atoms with Crippen molar-refractivity contribution in [1.29, 1.82) is 10.5 Å². The minimum absolute atomic E-state index is 0.621. The van der Waals surface area contributed by atoms with Crippen LogP contribution in [-0.2, 0) is 0 Å². The van der Waals surface area contributed by atoms with Crippen molar-refractivity contribution >= 4 is 43.6 Å². The summed E-state index contributed by atoms with van der Waals surface area (Å²) < 4.78 is 4.53. The van der Waals surface area contributed by atoms with Gasteiger partial charge in [0.05, 0.1) is 51.0 Å². The van der Waals surface area contributed by atoms with Crippen molar-refractivity contribution in [2.24, 2.45) is 0 Å². The number of benzene rings is 7. The van der Waals surface area contributed by atoms with Gasteiger partial charge >= 0.3 is 0 Å². The van der Waals surface area contributed by atoms with E-state index in [0.717, 1.165) is 66.5 Å². The maximum Gasteiger partial charge on any atom is 0.0992 e. The Morgan fingerprint density at radius 1 is 0.375 bits per heavy atom. The van der Waals surface area contributed by atoms with E-state index >= 15 is 0 Å². The van der Waals surface area contributed by atoms with Gasteiger partial charge < -0.3 is 9.13 Å². The summed E-state index contributed by atoms with van der Waals surface area (Å²) in [4.78, 5) is 0. The SMILES string of the molecule is N#Cc1ccc(-c2ccc(-c3cccc(-n4c5ccccc5c5ccc(C#N)cc54)c3)cc2)c(-n2c3ccccc3c3ccccc32)c1. The average molecular weight is 611 g/mol. The molecule has 48 heavy (non-hydrogen) atoms. The first-order valence-corrected chi connectivity index (χ1v) is 15.9. The summed E-state index contributed by atoms with van der Waals surface area (Å²) in [6, 6.07) is 59.0. The molecule has 0 saturated heterocycles. The van der Waals surface area contributed by atoms with Gasteiger partial charge in [-0.3, -0.25) is 0 Å².